The van der Waals surface area contributed by atoms with Gasteiger partial charge in [0.25, 0.3) is 5.91 Å². The van der Waals surface area contributed by atoms with Crippen LogP contribution in [0.5, 0.6) is 5.75 Å². The third kappa shape index (κ3) is 19.3. The van der Waals surface area contributed by atoms with Gasteiger partial charge in [0.2, 0.25) is 17.7 Å². The largest absolute Gasteiger partial charge is 0.494 e. The quantitative estimate of drug-likeness (QED) is 0.0139. The number of amides is 6. The molecule has 3 aromatic carbocycles. The predicted octanol–water partition coefficient (Wildman–Crippen LogP) is 9.78. The van der Waals surface area contributed by atoms with Crippen LogP contribution in [-0.4, -0.2) is 108 Å². The predicted molar refractivity (Wildman–Crippen MR) is 303 cm³/mol. The molecule has 6 N–H and O–H groups in total. The molecule has 3 atom stereocenters. The van der Waals surface area contributed by atoms with Crippen LogP contribution in [0.3, 0.4) is 0 Å². The molecule has 6 amide bonds. The van der Waals surface area contributed by atoms with Crippen molar-refractivity contribution < 1.29 is 39.0 Å². The van der Waals surface area contributed by atoms with Gasteiger partial charge >= 0.3 is 6.03 Å². The average Bonchev–Trinajstić information content (AvgIpc) is 4.24. The van der Waals surface area contributed by atoms with Gasteiger partial charge in [-0.15, -0.1) is 16.4 Å². The average molecular weight is 1090 g/mol. The number of carbonyl (C=O) groups is 5. The number of nitrogens with zero attached hydrogens (tertiary/aromatic N) is 6. The highest BCUT2D eigenvalue weighted by Crippen LogP contribution is 2.29. The van der Waals surface area contributed by atoms with E-state index in [0.717, 1.165) is 90.2 Å². The Morgan fingerprint density at radius 3 is 2.18 bits per heavy atom. The van der Waals surface area contributed by atoms with Crippen LogP contribution < -0.4 is 26.2 Å². The van der Waals surface area contributed by atoms with Gasteiger partial charge in [-0.3, -0.25) is 29.1 Å². The molecule has 78 heavy (non-hydrogen) atoms. The van der Waals surface area contributed by atoms with Crippen LogP contribution in [0.1, 0.15) is 157 Å². The number of hydroxylamine groups is 1. The number of aliphatic hydroxyl groups excluding tert-OH is 1. The van der Waals surface area contributed by atoms with Crippen LogP contribution in [0.15, 0.2) is 84.5 Å². The molecule has 6 rings (SSSR count). The molecule has 19 heteroatoms. The number of β-amino-alcohol motifs (C(OH)–C–C–N with tert-alkyl or cyclic N) is 1. The first kappa shape index (κ1) is 60.5. The van der Waals surface area contributed by atoms with Gasteiger partial charge in [0.05, 0.1) is 34.5 Å². The number of likely N-dealkylation sites (tertiary alicyclic amines) is 1. The van der Waals surface area contributed by atoms with Gasteiger partial charge in [-0.2, -0.15) is 0 Å². The Balaban J connectivity index is 0.782. The summed E-state index contributed by atoms with van der Waals surface area (Å²) < 4.78 is 7.88. The highest BCUT2D eigenvalue weighted by Gasteiger charge is 2.44. The summed E-state index contributed by atoms with van der Waals surface area (Å²) in [5.74, 6) is -0.765. The molecule has 0 bridgehead atoms. The number of aryl methyl sites for hydroxylation is 3. The Bertz CT molecular complexity index is 2650. The standard InChI is InChI=1S/C59H82N10O8S/c1-6-7-33-67(38-44-23-27-46(28-24-44)55(72)65-76)58(75)62-47-29-31-50(32-30-47)77-35-18-14-12-10-8-9-11-13-17-34-68-39-48(64-66-68)19-15-16-20-52(71)63-54(59(3,4)5)57(74)69-40-49(70)36-51(69)56(73)60-37-43-21-25-45(26-22-43)53-42(2)61-41-78-53/h21-32,39,41,49,51,54,70,76H,6-20,33-38,40H2,1-5H3,(H,60,73)(H,62,75)(H,63,71)(H,65,72)/t49-,51+,54-/m1/s1. The van der Waals surface area contributed by atoms with Crippen molar-refractivity contribution in [1.29, 1.82) is 0 Å². The number of hydrogen-bond donors (Lipinski definition) is 6. The maximum Gasteiger partial charge on any atom is 0.322 e. The van der Waals surface area contributed by atoms with Crippen molar-refractivity contribution in [2.75, 3.05) is 25.0 Å². The summed E-state index contributed by atoms with van der Waals surface area (Å²) in [5.41, 5.74) is 8.55. The Morgan fingerprint density at radius 2 is 1.53 bits per heavy atom. The number of rotatable bonds is 31. The van der Waals surface area contributed by atoms with Gasteiger partial charge in [-0.05, 0) is 104 Å². The summed E-state index contributed by atoms with van der Waals surface area (Å²) >= 11 is 1.58. The second-order valence-corrected chi connectivity index (χ2v) is 22.4. The van der Waals surface area contributed by atoms with E-state index in [9.17, 15) is 29.1 Å². The fourth-order valence-corrected chi connectivity index (χ4v) is 10.3. The number of aliphatic hydroxyl groups is 1. The van der Waals surface area contributed by atoms with Crippen molar-refractivity contribution in [1.82, 2.24) is 45.9 Å². The summed E-state index contributed by atoms with van der Waals surface area (Å²) in [5, 5.41) is 37.1. The van der Waals surface area contributed by atoms with E-state index in [2.05, 4.69) is 38.2 Å². The Kier molecular flexibility index (Phi) is 24.1. The number of aromatic nitrogens is 4. The first-order valence-corrected chi connectivity index (χ1v) is 28.8. The summed E-state index contributed by atoms with van der Waals surface area (Å²) in [6.07, 6.45) is 15.6. The number of hydrogen-bond acceptors (Lipinski definition) is 12. The first-order valence-electron chi connectivity index (χ1n) is 27.9. The minimum atomic E-state index is -0.875. The fourth-order valence-electron chi connectivity index (χ4n) is 9.46. The maximum atomic E-state index is 14.1. The number of benzene rings is 3. The van der Waals surface area contributed by atoms with Crippen LogP contribution in [0.4, 0.5) is 10.5 Å². The lowest BCUT2D eigenvalue weighted by atomic mass is 9.85. The lowest BCUT2D eigenvalue weighted by Crippen LogP contribution is -2.57. The van der Waals surface area contributed by atoms with E-state index in [1.165, 1.54) is 37.0 Å². The molecule has 0 saturated carbocycles. The Morgan fingerprint density at radius 1 is 0.846 bits per heavy atom. The third-order valence-electron chi connectivity index (χ3n) is 14.1. The monoisotopic (exact) mass is 1090 g/mol. The number of anilines is 1. The normalized spacial score (nSPS) is 14.7. The van der Waals surface area contributed by atoms with Gasteiger partial charge in [-0.25, -0.2) is 15.3 Å². The van der Waals surface area contributed by atoms with Crippen molar-refractivity contribution in [3.63, 3.8) is 0 Å². The van der Waals surface area contributed by atoms with Crippen molar-refractivity contribution in [2.24, 2.45) is 5.41 Å². The van der Waals surface area contributed by atoms with Crippen LogP contribution in [0.25, 0.3) is 10.4 Å². The van der Waals surface area contributed by atoms with Crippen LogP contribution >= 0.6 is 11.3 Å². The van der Waals surface area contributed by atoms with E-state index in [1.54, 1.807) is 46.0 Å². The number of carbonyl (C=O) groups excluding carboxylic acids is 5. The van der Waals surface area contributed by atoms with Crippen LogP contribution in [-0.2, 0) is 40.4 Å². The smallest absolute Gasteiger partial charge is 0.322 e. The van der Waals surface area contributed by atoms with Crippen molar-refractivity contribution in [2.45, 2.75) is 175 Å². The van der Waals surface area contributed by atoms with E-state index >= 15 is 0 Å². The lowest BCUT2D eigenvalue weighted by molar-refractivity contribution is -0.144. The van der Waals surface area contributed by atoms with Gasteiger partial charge < -0.3 is 35.6 Å². The van der Waals surface area contributed by atoms with E-state index < -0.39 is 29.5 Å². The molecule has 0 aliphatic carbocycles. The van der Waals surface area contributed by atoms with Crippen molar-refractivity contribution >= 4 is 46.7 Å². The topological polar surface area (TPSA) is 233 Å². The van der Waals surface area contributed by atoms with E-state index in [0.29, 0.717) is 43.8 Å². The molecule has 1 aliphatic heterocycles. The minimum absolute atomic E-state index is 0.0217. The lowest BCUT2D eigenvalue weighted by Gasteiger charge is -2.35. The molecule has 5 aromatic rings. The zero-order valence-corrected chi connectivity index (χ0v) is 47.1. The minimum Gasteiger partial charge on any atom is -0.494 e. The van der Waals surface area contributed by atoms with E-state index in [-0.39, 0.29) is 49.7 Å². The number of urea groups is 1. The first-order chi connectivity index (χ1) is 37.6. The molecule has 422 valence electrons. The molecule has 3 heterocycles. The second-order valence-electron chi connectivity index (χ2n) is 21.5. The third-order valence-corrected chi connectivity index (χ3v) is 15.0. The number of ether oxygens (including phenoxy) is 1. The van der Waals surface area contributed by atoms with Gasteiger partial charge in [0.15, 0.2) is 0 Å². The molecule has 0 unspecified atom stereocenters. The van der Waals surface area contributed by atoms with Crippen molar-refractivity contribution in [3.8, 4) is 16.2 Å². The molecular formula is C59H82N10O8S. The Labute approximate surface area is 464 Å². The molecule has 18 nitrogen and oxygen atoms in total. The molecule has 1 fully saturated rings. The molecule has 1 saturated heterocycles. The Hall–Kier alpha value is -6.70. The molecule has 2 aromatic heterocycles. The molecule has 1 aliphatic rings. The summed E-state index contributed by atoms with van der Waals surface area (Å²) in [4.78, 5) is 74.3. The maximum absolute atomic E-state index is 14.1. The van der Waals surface area contributed by atoms with Crippen LogP contribution in [0, 0.1) is 12.3 Å². The zero-order chi connectivity index (χ0) is 55.9. The molecular weight excluding hydrogens is 1010 g/mol. The zero-order valence-electron chi connectivity index (χ0n) is 46.3. The van der Waals surface area contributed by atoms with Gasteiger partial charge in [0, 0.05) is 63.0 Å². The molecule has 0 radical (unpaired) electrons. The number of nitrogens with one attached hydrogen (secondary N) is 4. The fraction of sp³-hybridized carbons (Fsp3) is 0.525. The molecule has 0 spiro atoms. The number of thiazole rings is 1. The SMILES string of the molecule is CCCCN(Cc1ccc(C(=O)NO)cc1)C(=O)Nc1ccc(OCCCCCCCCCCCn2cc(CCCCC(=O)N[C@H](C(=O)N3C[C@H](O)C[C@H]3C(=O)NCc3ccc(-c4scnc4C)cc3)C(C)(C)C)nn2)cc1. The summed E-state index contributed by atoms with van der Waals surface area (Å²) in [6, 6.07) is 20.2. The van der Waals surface area contributed by atoms with E-state index in [4.69, 9.17) is 9.94 Å². The van der Waals surface area contributed by atoms with Gasteiger partial charge in [0.1, 0.15) is 17.8 Å². The highest BCUT2D eigenvalue weighted by atomic mass is 32.1. The number of unbranched alkanes of at least 4 members (excludes halogenated alkanes) is 10. The summed E-state index contributed by atoms with van der Waals surface area (Å²) in [6.45, 7) is 12.5. The van der Waals surface area contributed by atoms with Crippen molar-refractivity contribution in [3.05, 3.63) is 113 Å². The van der Waals surface area contributed by atoms with Crippen LogP contribution in [0.2, 0.25) is 0 Å². The van der Waals surface area contributed by atoms with E-state index in [1.807, 2.05) is 92.6 Å². The second kappa shape index (κ2) is 31.0. The summed E-state index contributed by atoms with van der Waals surface area (Å²) in [7, 11) is 0. The van der Waals surface area contributed by atoms with Gasteiger partial charge in [-0.1, -0.05) is 121 Å². The highest BCUT2D eigenvalue weighted by molar-refractivity contribution is 7.13.